The van der Waals surface area contributed by atoms with Crippen molar-refractivity contribution >= 4 is 33.7 Å². The zero-order valence-corrected chi connectivity index (χ0v) is 11.5. The summed E-state index contributed by atoms with van der Waals surface area (Å²) in [5, 5.41) is 1.59. The molecular weight excluding hydrogens is 288 g/mol. The molecule has 21 heavy (non-hydrogen) atoms. The van der Waals surface area contributed by atoms with Crippen molar-refractivity contribution in [2.75, 3.05) is 0 Å². The highest BCUT2D eigenvalue weighted by Gasteiger charge is 2.14. The van der Waals surface area contributed by atoms with Crippen molar-refractivity contribution in [1.29, 1.82) is 0 Å². The summed E-state index contributed by atoms with van der Waals surface area (Å²) < 4.78 is 11.6. The van der Waals surface area contributed by atoms with Gasteiger partial charge in [-0.05, 0) is 36.4 Å². The quantitative estimate of drug-likeness (QED) is 0.532. The van der Waals surface area contributed by atoms with Gasteiger partial charge in [0.25, 0.3) is 5.88 Å². The second-order valence-corrected chi connectivity index (χ2v) is 4.95. The van der Waals surface area contributed by atoms with Gasteiger partial charge in [-0.1, -0.05) is 23.7 Å². The zero-order chi connectivity index (χ0) is 14.2. The predicted octanol–water partition coefficient (Wildman–Crippen LogP) is 4.82. The van der Waals surface area contributed by atoms with Gasteiger partial charge in [-0.15, -0.1) is 0 Å². The molecule has 0 aliphatic rings. The summed E-state index contributed by atoms with van der Waals surface area (Å²) in [5.74, 6) is 1.03. The van der Waals surface area contributed by atoms with Crippen molar-refractivity contribution in [2.24, 2.45) is 0 Å². The summed E-state index contributed by atoms with van der Waals surface area (Å²) in [6, 6.07) is 14.8. The highest BCUT2D eigenvalue weighted by molar-refractivity contribution is 6.30. The van der Waals surface area contributed by atoms with Gasteiger partial charge < -0.3 is 9.15 Å². The molecule has 0 fully saturated rings. The van der Waals surface area contributed by atoms with Gasteiger partial charge in [-0.2, -0.15) is 4.98 Å². The minimum Gasteiger partial charge on any atom is -0.449 e. The molecule has 0 saturated carbocycles. The van der Waals surface area contributed by atoms with Gasteiger partial charge in [0.1, 0.15) is 23.2 Å². The minimum absolute atomic E-state index is 0.388. The van der Waals surface area contributed by atoms with Crippen LogP contribution in [0, 0.1) is 0 Å². The molecule has 0 aliphatic heterocycles. The van der Waals surface area contributed by atoms with Gasteiger partial charge in [-0.3, -0.25) is 0 Å². The first-order chi connectivity index (χ1) is 10.3. The molecule has 4 aromatic rings. The van der Waals surface area contributed by atoms with Crippen LogP contribution in [0.3, 0.4) is 0 Å². The maximum absolute atomic E-state index is 5.86. The summed E-state index contributed by atoms with van der Waals surface area (Å²) in [5.41, 5.74) is 2.03. The molecule has 102 valence electrons. The lowest BCUT2D eigenvalue weighted by Crippen LogP contribution is -1.89. The van der Waals surface area contributed by atoms with Gasteiger partial charge >= 0.3 is 0 Å². The Balaban J connectivity index is 1.86. The van der Waals surface area contributed by atoms with Crippen molar-refractivity contribution in [3.63, 3.8) is 0 Å². The fourth-order valence-electron chi connectivity index (χ4n) is 2.19. The first-order valence-electron chi connectivity index (χ1n) is 6.37. The van der Waals surface area contributed by atoms with Crippen LogP contribution in [-0.4, -0.2) is 9.97 Å². The minimum atomic E-state index is 0.388. The lowest BCUT2D eigenvalue weighted by molar-refractivity contribution is 0.456. The van der Waals surface area contributed by atoms with Gasteiger partial charge in [0.15, 0.2) is 0 Å². The lowest BCUT2D eigenvalue weighted by Gasteiger charge is -2.04. The van der Waals surface area contributed by atoms with Gasteiger partial charge in [0.2, 0.25) is 5.58 Å². The number of hydrogen-bond acceptors (Lipinski definition) is 4. The number of benzene rings is 2. The summed E-state index contributed by atoms with van der Waals surface area (Å²) in [7, 11) is 0. The molecule has 0 amide bonds. The molecule has 2 aromatic heterocycles. The van der Waals surface area contributed by atoms with Gasteiger partial charge in [0, 0.05) is 10.4 Å². The number of rotatable bonds is 2. The third kappa shape index (κ3) is 2.10. The van der Waals surface area contributed by atoms with Crippen LogP contribution in [0.15, 0.2) is 59.3 Å². The van der Waals surface area contributed by atoms with Crippen LogP contribution in [0.5, 0.6) is 11.6 Å². The topological polar surface area (TPSA) is 48.2 Å². The molecular formula is C16H9ClN2O2. The van der Waals surface area contributed by atoms with E-state index >= 15 is 0 Å². The average molecular weight is 297 g/mol. The second kappa shape index (κ2) is 4.75. The van der Waals surface area contributed by atoms with Crippen LogP contribution >= 0.6 is 11.6 Å². The molecule has 4 nitrogen and oxygen atoms in total. The number of aromatic nitrogens is 2. The van der Waals surface area contributed by atoms with E-state index in [2.05, 4.69) is 9.97 Å². The number of para-hydroxylation sites is 1. The van der Waals surface area contributed by atoms with Crippen molar-refractivity contribution in [3.05, 3.63) is 59.9 Å². The van der Waals surface area contributed by atoms with Crippen LogP contribution in [-0.2, 0) is 0 Å². The van der Waals surface area contributed by atoms with Crippen molar-refractivity contribution in [1.82, 2.24) is 9.97 Å². The maximum atomic E-state index is 5.86. The Hall–Kier alpha value is -2.59. The summed E-state index contributed by atoms with van der Waals surface area (Å²) >= 11 is 5.86. The molecule has 0 aliphatic carbocycles. The fourth-order valence-corrected chi connectivity index (χ4v) is 2.32. The SMILES string of the molecule is Clc1ccc(Oc2ncnc3c2oc2ccccc23)cc1. The molecule has 0 unspecified atom stereocenters. The average Bonchev–Trinajstić information content (AvgIpc) is 2.89. The summed E-state index contributed by atoms with van der Waals surface area (Å²) in [6.07, 6.45) is 1.47. The van der Waals surface area contributed by atoms with E-state index in [-0.39, 0.29) is 0 Å². The molecule has 4 rings (SSSR count). The number of ether oxygens (including phenoxy) is 1. The highest BCUT2D eigenvalue weighted by atomic mass is 35.5. The van der Waals surface area contributed by atoms with E-state index in [4.69, 9.17) is 20.8 Å². The standard InChI is InChI=1S/C16H9ClN2O2/c17-10-5-7-11(8-6-10)20-16-15-14(18-9-19-16)12-3-1-2-4-13(12)21-15/h1-9H. The Kier molecular flexibility index (Phi) is 2.75. The van der Waals surface area contributed by atoms with E-state index in [9.17, 15) is 0 Å². The van der Waals surface area contributed by atoms with E-state index in [1.807, 2.05) is 24.3 Å². The summed E-state index contributed by atoms with van der Waals surface area (Å²) in [4.78, 5) is 8.44. The largest absolute Gasteiger partial charge is 0.449 e. The van der Waals surface area contributed by atoms with Crippen LogP contribution < -0.4 is 4.74 Å². The number of halogens is 1. The third-order valence-electron chi connectivity index (χ3n) is 3.15. The molecule has 0 bridgehead atoms. The predicted molar refractivity (Wildman–Crippen MR) is 80.8 cm³/mol. The Morgan fingerprint density at radius 3 is 2.62 bits per heavy atom. The van der Waals surface area contributed by atoms with Crippen molar-refractivity contribution in [3.8, 4) is 11.6 Å². The van der Waals surface area contributed by atoms with E-state index in [0.717, 1.165) is 16.5 Å². The molecule has 0 spiro atoms. The smallest absolute Gasteiger partial charge is 0.267 e. The van der Waals surface area contributed by atoms with Gasteiger partial charge in [0.05, 0.1) is 0 Å². The molecule has 0 radical (unpaired) electrons. The molecule has 2 heterocycles. The van der Waals surface area contributed by atoms with Crippen LogP contribution in [0.1, 0.15) is 0 Å². The maximum Gasteiger partial charge on any atom is 0.267 e. The highest BCUT2D eigenvalue weighted by Crippen LogP contribution is 2.33. The molecule has 5 heteroatoms. The Labute approximate surface area is 125 Å². The van der Waals surface area contributed by atoms with Crippen LogP contribution in [0.25, 0.3) is 22.1 Å². The number of furan rings is 1. The molecule has 0 N–H and O–H groups in total. The second-order valence-electron chi connectivity index (χ2n) is 4.51. The first kappa shape index (κ1) is 12.2. The Morgan fingerprint density at radius 1 is 0.952 bits per heavy atom. The number of nitrogens with zero attached hydrogens (tertiary/aromatic N) is 2. The molecule has 0 saturated heterocycles. The lowest BCUT2D eigenvalue weighted by atomic mass is 10.2. The van der Waals surface area contributed by atoms with E-state index in [1.165, 1.54) is 6.33 Å². The van der Waals surface area contributed by atoms with Crippen molar-refractivity contribution in [2.45, 2.75) is 0 Å². The first-order valence-corrected chi connectivity index (χ1v) is 6.75. The monoisotopic (exact) mass is 296 g/mol. The summed E-state index contributed by atoms with van der Waals surface area (Å²) in [6.45, 7) is 0. The number of hydrogen-bond donors (Lipinski definition) is 0. The molecule has 2 aromatic carbocycles. The Bertz CT molecular complexity index is 932. The Morgan fingerprint density at radius 2 is 1.76 bits per heavy atom. The van der Waals surface area contributed by atoms with Crippen molar-refractivity contribution < 1.29 is 9.15 Å². The van der Waals surface area contributed by atoms with Gasteiger partial charge in [-0.25, -0.2) is 4.98 Å². The zero-order valence-electron chi connectivity index (χ0n) is 10.8. The molecule has 0 atom stereocenters. The fraction of sp³-hybridized carbons (Fsp3) is 0. The van der Waals surface area contributed by atoms with E-state index < -0.39 is 0 Å². The van der Waals surface area contributed by atoms with Crippen LogP contribution in [0.2, 0.25) is 5.02 Å². The van der Waals surface area contributed by atoms with E-state index in [0.29, 0.717) is 22.2 Å². The normalized spacial score (nSPS) is 11.1. The van der Waals surface area contributed by atoms with E-state index in [1.54, 1.807) is 24.3 Å². The third-order valence-corrected chi connectivity index (χ3v) is 3.41. The van der Waals surface area contributed by atoms with Crippen LogP contribution in [0.4, 0.5) is 0 Å². The number of fused-ring (bicyclic) bond motifs is 3.